The van der Waals surface area contributed by atoms with Crippen molar-refractivity contribution >= 4 is 11.6 Å². The van der Waals surface area contributed by atoms with Gasteiger partial charge in [0, 0.05) is 23.7 Å². The molecule has 0 atom stereocenters. The Labute approximate surface area is 129 Å². The highest BCUT2D eigenvalue weighted by atomic mass is 35.5. The summed E-state index contributed by atoms with van der Waals surface area (Å²) in [5.41, 5.74) is 4.81. The van der Waals surface area contributed by atoms with Gasteiger partial charge in [0.25, 0.3) is 0 Å². The summed E-state index contributed by atoms with van der Waals surface area (Å²) < 4.78 is 13.3. The van der Waals surface area contributed by atoms with Crippen molar-refractivity contribution in [1.82, 2.24) is 5.32 Å². The summed E-state index contributed by atoms with van der Waals surface area (Å²) in [5, 5.41) is 13.2. The summed E-state index contributed by atoms with van der Waals surface area (Å²) in [4.78, 5) is 0. The van der Waals surface area contributed by atoms with E-state index in [1.54, 1.807) is 12.1 Å². The molecule has 2 aromatic rings. The standard InChI is InChI=1S/C17H19ClFNO/c1-11-5-15(18)6-12(2)16(11)9-20-8-13-3-4-17(19)14(7-13)10-21/h3-7,20-21H,8-10H2,1-2H3. The van der Waals surface area contributed by atoms with Crippen molar-refractivity contribution in [2.75, 3.05) is 0 Å². The van der Waals surface area contributed by atoms with Gasteiger partial charge in [0.15, 0.2) is 0 Å². The van der Waals surface area contributed by atoms with Gasteiger partial charge < -0.3 is 10.4 Å². The average molecular weight is 308 g/mol. The highest BCUT2D eigenvalue weighted by Crippen LogP contribution is 2.20. The lowest BCUT2D eigenvalue weighted by molar-refractivity contribution is 0.275. The molecule has 0 heterocycles. The Morgan fingerprint density at radius 3 is 2.38 bits per heavy atom. The summed E-state index contributed by atoms with van der Waals surface area (Å²) in [6.07, 6.45) is 0. The zero-order valence-electron chi connectivity index (χ0n) is 12.2. The highest BCUT2D eigenvalue weighted by Gasteiger charge is 2.05. The van der Waals surface area contributed by atoms with Gasteiger partial charge >= 0.3 is 0 Å². The minimum absolute atomic E-state index is 0.283. The van der Waals surface area contributed by atoms with Crippen LogP contribution in [0, 0.1) is 19.7 Å². The van der Waals surface area contributed by atoms with Crippen LogP contribution >= 0.6 is 11.6 Å². The van der Waals surface area contributed by atoms with Crippen molar-refractivity contribution < 1.29 is 9.50 Å². The average Bonchev–Trinajstić information content (AvgIpc) is 2.43. The summed E-state index contributed by atoms with van der Waals surface area (Å²) in [6.45, 7) is 5.14. The Kier molecular flexibility index (Phi) is 5.34. The molecular weight excluding hydrogens is 289 g/mol. The van der Waals surface area contributed by atoms with E-state index in [1.165, 1.54) is 11.6 Å². The van der Waals surface area contributed by atoms with Gasteiger partial charge in [-0.25, -0.2) is 4.39 Å². The Bertz CT molecular complexity index is 620. The molecule has 2 rings (SSSR count). The molecule has 2 aromatic carbocycles. The van der Waals surface area contributed by atoms with E-state index < -0.39 is 0 Å². The predicted octanol–water partition coefficient (Wildman–Crippen LogP) is 3.88. The first-order chi connectivity index (χ1) is 10.0. The number of hydrogen-bond donors (Lipinski definition) is 2. The molecule has 112 valence electrons. The fourth-order valence-electron chi connectivity index (χ4n) is 2.41. The molecule has 0 bridgehead atoms. The van der Waals surface area contributed by atoms with Crippen LogP contribution in [0.3, 0.4) is 0 Å². The monoisotopic (exact) mass is 307 g/mol. The van der Waals surface area contributed by atoms with Gasteiger partial charge in [0.2, 0.25) is 0 Å². The minimum Gasteiger partial charge on any atom is -0.392 e. The van der Waals surface area contributed by atoms with Crippen LogP contribution in [0.1, 0.15) is 27.8 Å². The van der Waals surface area contributed by atoms with Crippen LogP contribution in [0.5, 0.6) is 0 Å². The quantitative estimate of drug-likeness (QED) is 0.878. The number of aliphatic hydroxyl groups excluding tert-OH is 1. The van der Waals surface area contributed by atoms with E-state index in [0.29, 0.717) is 12.1 Å². The lowest BCUT2D eigenvalue weighted by Gasteiger charge is -2.12. The minimum atomic E-state index is -0.370. The maximum atomic E-state index is 13.3. The summed E-state index contributed by atoms with van der Waals surface area (Å²) >= 11 is 6.02. The molecule has 0 aliphatic rings. The Morgan fingerprint density at radius 1 is 1.10 bits per heavy atom. The number of halogens is 2. The topological polar surface area (TPSA) is 32.3 Å². The molecular formula is C17H19ClFNO. The molecule has 0 amide bonds. The van der Waals surface area contributed by atoms with Gasteiger partial charge in [0.1, 0.15) is 5.82 Å². The van der Waals surface area contributed by atoms with E-state index in [1.807, 2.05) is 26.0 Å². The second-order valence-corrected chi connectivity index (χ2v) is 5.64. The van der Waals surface area contributed by atoms with Crippen LogP contribution in [0.15, 0.2) is 30.3 Å². The summed E-state index contributed by atoms with van der Waals surface area (Å²) in [7, 11) is 0. The van der Waals surface area contributed by atoms with E-state index >= 15 is 0 Å². The largest absolute Gasteiger partial charge is 0.392 e. The normalized spacial score (nSPS) is 10.9. The van der Waals surface area contributed by atoms with Crippen LogP contribution in [0.2, 0.25) is 5.02 Å². The second kappa shape index (κ2) is 7.03. The first kappa shape index (κ1) is 16.0. The Hall–Kier alpha value is -1.42. The highest BCUT2D eigenvalue weighted by molar-refractivity contribution is 6.30. The maximum absolute atomic E-state index is 13.3. The lowest BCUT2D eigenvalue weighted by Crippen LogP contribution is -2.15. The molecule has 0 fully saturated rings. The first-order valence-corrected chi connectivity index (χ1v) is 7.23. The molecule has 21 heavy (non-hydrogen) atoms. The molecule has 0 spiro atoms. The fourth-order valence-corrected chi connectivity index (χ4v) is 2.74. The third-order valence-electron chi connectivity index (χ3n) is 3.57. The molecule has 0 radical (unpaired) electrons. The number of nitrogens with one attached hydrogen (secondary N) is 1. The predicted molar refractivity (Wildman–Crippen MR) is 83.8 cm³/mol. The zero-order valence-corrected chi connectivity index (χ0v) is 13.0. The maximum Gasteiger partial charge on any atom is 0.128 e. The van der Waals surface area contributed by atoms with Crippen molar-refractivity contribution in [2.45, 2.75) is 33.5 Å². The lowest BCUT2D eigenvalue weighted by atomic mass is 10.0. The van der Waals surface area contributed by atoms with Gasteiger partial charge in [-0.05, 0) is 60.4 Å². The zero-order chi connectivity index (χ0) is 15.4. The van der Waals surface area contributed by atoms with E-state index in [0.717, 1.165) is 28.3 Å². The number of aliphatic hydroxyl groups is 1. The van der Waals surface area contributed by atoms with Crippen molar-refractivity contribution in [1.29, 1.82) is 0 Å². The van der Waals surface area contributed by atoms with Crippen LogP contribution < -0.4 is 5.32 Å². The van der Waals surface area contributed by atoms with E-state index in [9.17, 15) is 4.39 Å². The van der Waals surface area contributed by atoms with Gasteiger partial charge in [-0.1, -0.05) is 17.7 Å². The van der Waals surface area contributed by atoms with E-state index in [2.05, 4.69) is 5.32 Å². The number of hydrogen-bond acceptors (Lipinski definition) is 2. The molecule has 0 aromatic heterocycles. The molecule has 4 heteroatoms. The number of aryl methyl sites for hydroxylation is 2. The molecule has 0 saturated heterocycles. The summed E-state index contributed by atoms with van der Waals surface area (Å²) in [6, 6.07) is 8.70. The number of rotatable bonds is 5. The Morgan fingerprint density at radius 2 is 1.76 bits per heavy atom. The van der Waals surface area contributed by atoms with Crippen LogP contribution in [0.4, 0.5) is 4.39 Å². The van der Waals surface area contributed by atoms with Crippen LogP contribution in [-0.4, -0.2) is 5.11 Å². The second-order valence-electron chi connectivity index (χ2n) is 5.21. The van der Waals surface area contributed by atoms with Crippen LogP contribution in [-0.2, 0) is 19.7 Å². The number of benzene rings is 2. The molecule has 0 unspecified atom stereocenters. The van der Waals surface area contributed by atoms with Gasteiger partial charge in [0.05, 0.1) is 6.61 Å². The van der Waals surface area contributed by atoms with Crippen LogP contribution in [0.25, 0.3) is 0 Å². The summed E-state index contributed by atoms with van der Waals surface area (Å²) in [5.74, 6) is -0.370. The van der Waals surface area contributed by atoms with Crippen molar-refractivity contribution in [2.24, 2.45) is 0 Å². The Balaban J connectivity index is 2.02. The smallest absolute Gasteiger partial charge is 0.128 e. The molecule has 2 N–H and O–H groups in total. The SMILES string of the molecule is Cc1cc(Cl)cc(C)c1CNCc1ccc(F)c(CO)c1. The van der Waals surface area contributed by atoms with Gasteiger partial charge in [-0.2, -0.15) is 0 Å². The molecule has 0 aliphatic heterocycles. The fraction of sp³-hybridized carbons (Fsp3) is 0.294. The molecule has 0 aliphatic carbocycles. The first-order valence-electron chi connectivity index (χ1n) is 6.85. The van der Waals surface area contributed by atoms with E-state index in [-0.39, 0.29) is 12.4 Å². The third-order valence-corrected chi connectivity index (χ3v) is 3.79. The van der Waals surface area contributed by atoms with Gasteiger partial charge in [-0.3, -0.25) is 0 Å². The third kappa shape index (κ3) is 4.03. The van der Waals surface area contributed by atoms with Crippen molar-refractivity contribution in [3.8, 4) is 0 Å². The molecule has 2 nitrogen and oxygen atoms in total. The van der Waals surface area contributed by atoms with Crippen molar-refractivity contribution in [3.63, 3.8) is 0 Å². The van der Waals surface area contributed by atoms with Crippen molar-refractivity contribution in [3.05, 3.63) is 69.0 Å². The van der Waals surface area contributed by atoms with Gasteiger partial charge in [-0.15, -0.1) is 0 Å². The molecule has 0 saturated carbocycles. The van der Waals surface area contributed by atoms with E-state index in [4.69, 9.17) is 16.7 Å².